The zero-order valence-electron chi connectivity index (χ0n) is 27.6. The van der Waals surface area contributed by atoms with Gasteiger partial charge in [0.1, 0.15) is 47.9 Å². The van der Waals surface area contributed by atoms with Gasteiger partial charge in [0.25, 0.3) is 5.91 Å². The van der Waals surface area contributed by atoms with E-state index in [9.17, 15) is 19.2 Å². The molecule has 2 bridgehead atoms. The van der Waals surface area contributed by atoms with Crippen LogP contribution >= 0.6 is 0 Å². The van der Waals surface area contributed by atoms with Crippen LogP contribution in [0.15, 0.2) is 54.6 Å². The van der Waals surface area contributed by atoms with E-state index in [-0.39, 0.29) is 19.6 Å². The Bertz CT molecular complexity index is 1560. The number of aromatic amines is 1. The average molecular weight is 661 g/mol. The van der Waals surface area contributed by atoms with E-state index in [0.717, 1.165) is 23.6 Å². The quantitative estimate of drug-likeness (QED) is 0.250. The molecule has 3 aliphatic heterocycles. The molecule has 1 aromatic heterocycles. The number of nitrogens with zero attached hydrogens (tertiary/aromatic N) is 3. The summed E-state index contributed by atoms with van der Waals surface area (Å²) in [4.78, 5) is 60.4. The van der Waals surface area contributed by atoms with Gasteiger partial charge in [0.15, 0.2) is 5.60 Å². The number of amides is 4. The number of ether oxygens (including phenoxy) is 2. The lowest BCUT2D eigenvalue weighted by atomic mass is 9.89. The second-order valence-corrected chi connectivity index (χ2v) is 12.2. The Kier molecular flexibility index (Phi) is 11.3. The molecule has 0 saturated carbocycles. The first-order chi connectivity index (χ1) is 23.1. The number of rotatable bonds is 5. The van der Waals surface area contributed by atoms with Crippen LogP contribution in [0.25, 0.3) is 0 Å². The van der Waals surface area contributed by atoms with Gasteiger partial charge in [-0.1, -0.05) is 37.3 Å². The minimum absolute atomic E-state index is 0.185. The van der Waals surface area contributed by atoms with Crippen molar-refractivity contribution in [2.75, 3.05) is 26.2 Å². The van der Waals surface area contributed by atoms with E-state index in [1.165, 1.54) is 0 Å². The molecule has 6 rings (SSSR count). The lowest BCUT2D eigenvalue weighted by Crippen LogP contribution is -2.61. The molecule has 3 aromatic rings. The van der Waals surface area contributed by atoms with Crippen LogP contribution in [0.4, 0.5) is 0 Å². The smallest absolute Gasteiger partial charge is 0.264 e. The summed E-state index contributed by atoms with van der Waals surface area (Å²) in [6.07, 6.45) is 1.63. The summed E-state index contributed by atoms with van der Waals surface area (Å²) in [6, 6.07) is 13.3. The molecular weight excluding hydrogens is 616 g/mol. The lowest BCUT2D eigenvalue weighted by Gasteiger charge is -2.40. The zero-order valence-corrected chi connectivity index (χ0v) is 27.6. The van der Waals surface area contributed by atoms with Crippen LogP contribution in [-0.4, -0.2) is 93.7 Å². The van der Waals surface area contributed by atoms with Crippen molar-refractivity contribution in [2.24, 2.45) is 0 Å². The standard InChI is InChI=1S/C34H44N8O6/c1-4-28-39-29(41-40-28)21-42-17-14-34(15-18-42)33(46)37-23(3)31(44)38-27(20-24-8-6-5-7-9-24)32(45)36-22(2)30(43)35-16-19-47-25-10-12-26(48-34)13-11-25/h5-13,22-23,27H,4,14-21H2,1-3H3,(H,35,43)(H,36,45)(H,37,46)(H,38,44)(H,39,40,41)/t22-,23-,27-/m0/s1. The molecule has 1 saturated heterocycles. The van der Waals surface area contributed by atoms with Gasteiger partial charge in [0.2, 0.25) is 17.7 Å². The van der Waals surface area contributed by atoms with E-state index in [1.54, 1.807) is 38.1 Å². The maximum absolute atomic E-state index is 14.0. The second kappa shape index (κ2) is 15.7. The monoisotopic (exact) mass is 660 g/mol. The van der Waals surface area contributed by atoms with Gasteiger partial charge in [-0.3, -0.25) is 29.2 Å². The number of carbonyl (C=O) groups excluding carboxylic acids is 4. The molecular formula is C34H44N8O6. The molecule has 0 radical (unpaired) electrons. The van der Waals surface area contributed by atoms with Crippen molar-refractivity contribution in [3.8, 4) is 11.5 Å². The summed E-state index contributed by atoms with van der Waals surface area (Å²) < 4.78 is 12.2. The normalized spacial score (nSPS) is 22.9. The van der Waals surface area contributed by atoms with Gasteiger partial charge in [0, 0.05) is 38.8 Å². The highest BCUT2D eigenvalue weighted by Crippen LogP contribution is 2.31. The third-order valence-electron chi connectivity index (χ3n) is 8.56. The van der Waals surface area contributed by atoms with E-state index < -0.39 is 47.4 Å². The molecule has 3 atom stereocenters. The van der Waals surface area contributed by atoms with Crippen molar-refractivity contribution in [3.63, 3.8) is 0 Å². The van der Waals surface area contributed by atoms with Gasteiger partial charge in [-0.15, -0.1) is 0 Å². The van der Waals surface area contributed by atoms with E-state index >= 15 is 0 Å². The molecule has 4 heterocycles. The van der Waals surface area contributed by atoms with Gasteiger partial charge < -0.3 is 30.7 Å². The molecule has 14 heteroatoms. The van der Waals surface area contributed by atoms with E-state index in [0.29, 0.717) is 44.0 Å². The Morgan fingerprint density at radius 3 is 2.23 bits per heavy atom. The number of nitrogens with one attached hydrogen (secondary N) is 5. The molecule has 48 heavy (non-hydrogen) atoms. The zero-order chi connectivity index (χ0) is 34.1. The molecule has 0 aliphatic carbocycles. The number of benzene rings is 2. The maximum atomic E-state index is 14.0. The minimum atomic E-state index is -1.26. The maximum Gasteiger partial charge on any atom is 0.264 e. The highest BCUT2D eigenvalue weighted by molar-refractivity contribution is 5.95. The Labute approximate surface area is 279 Å². The van der Waals surface area contributed by atoms with Crippen molar-refractivity contribution in [1.29, 1.82) is 0 Å². The van der Waals surface area contributed by atoms with Crippen LogP contribution < -0.4 is 30.7 Å². The molecule has 256 valence electrons. The first kappa shape index (κ1) is 34.4. The number of hydrogen-bond donors (Lipinski definition) is 5. The molecule has 2 aromatic carbocycles. The summed E-state index contributed by atoms with van der Waals surface area (Å²) in [5.74, 6) is 0.656. The molecule has 5 N–H and O–H groups in total. The van der Waals surface area contributed by atoms with Gasteiger partial charge in [-0.05, 0) is 43.7 Å². The number of piperidine rings is 1. The molecule has 1 fully saturated rings. The average Bonchev–Trinajstić information content (AvgIpc) is 3.55. The van der Waals surface area contributed by atoms with Crippen LogP contribution in [0.1, 0.15) is 50.8 Å². The van der Waals surface area contributed by atoms with Crippen LogP contribution in [-0.2, 0) is 38.6 Å². The van der Waals surface area contributed by atoms with E-state index in [4.69, 9.17) is 9.47 Å². The van der Waals surface area contributed by atoms with Crippen LogP contribution in [0.2, 0.25) is 0 Å². The first-order valence-corrected chi connectivity index (χ1v) is 16.4. The molecule has 14 nitrogen and oxygen atoms in total. The highest BCUT2D eigenvalue weighted by Gasteiger charge is 2.45. The van der Waals surface area contributed by atoms with Crippen molar-refractivity contribution in [1.82, 2.24) is 41.3 Å². The predicted molar refractivity (Wildman–Crippen MR) is 176 cm³/mol. The number of carbonyl (C=O) groups is 4. The third-order valence-corrected chi connectivity index (χ3v) is 8.56. The number of fused-ring (bicyclic) bond motifs is 15. The number of likely N-dealkylation sites (tertiary alicyclic amines) is 1. The molecule has 0 unspecified atom stereocenters. The van der Waals surface area contributed by atoms with Crippen LogP contribution in [0.3, 0.4) is 0 Å². The largest absolute Gasteiger partial charge is 0.492 e. The number of aromatic nitrogens is 3. The fourth-order valence-electron chi connectivity index (χ4n) is 5.68. The van der Waals surface area contributed by atoms with Crippen LogP contribution in [0, 0.1) is 0 Å². The predicted octanol–water partition coefficient (Wildman–Crippen LogP) is 1.03. The summed E-state index contributed by atoms with van der Waals surface area (Å²) >= 11 is 0. The lowest BCUT2D eigenvalue weighted by molar-refractivity contribution is -0.144. The first-order valence-electron chi connectivity index (χ1n) is 16.4. The second-order valence-electron chi connectivity index (χ2n) is 12.2. The number of aryl methyl sites for hydroxylation is 1. The number of hydrogen-bond acceptors (Lipinski definition) is 9. The summed E-state index contributed by atoms with van der Waals surface area (Å²) in [6.45, 7) is 7.18. The molecule has 1 spiro atoms. The Hall–Kier alpha value is -4.98. The SMILES string of the molecule is CCc1n[nH]c(CN2CCC3(CC2)Oc2ccc(cc2)OCCNC(=O)[C@H](C)NC(=O)[C@H](Cc2ccccc2)NC(=O)[C@H](C)NC3=O)n1. The van der Waals surface area contributed by atoms with Crippen molar-refractivity contribution in [2.45, 2.75) is 76.7 Å². The van der Waals surface area contributed by atoms with Crippen LogP contribution in [0.5, 0.6) is 11.5 Å². The van der Waals surface area contributed by atoms with Crippen molar-refractivity contribution >= 4 is 23.6 Å². The van der Waals surface area contributed by atoms with Crippen molar-refractivity contribution in [3.05, 3.63) is 71.8 Å². The molecule has 4 amide bonds. The van der Waals surface area contributed by atoms with E-state index in [1.807, 2.05) is 37.3 Å². The van der Waals surface area contributed by atoms with Gasteiger partial charge in [-0.2, -0.15) is 5.10 Å². The Morgan fingerprint density at radius 1 is 0.854 bits per heavy atom. The minimum Gasteiger partial charge on any atom is -0.492 e. The topological polar surface area (TPSA) is 180 Å². The number of H-pyrrole nitrogens is 1. The fourth-order valence-corrected chi connectivity index (χ4v) is 5.68. The van der Waals surface area contributed by atoms with Gasteiger partial charge in [-0.25, -0.2) is 4.98 Å². The highest BCUT2D eigenvalue weighted by atomic mass is 16.5. The van der Waals surface area contributed by atoms with Gasteiger partial charge >= 0.3 is 0 Å². The fraction of sp³-hybridized carbons (Fsp3) is 0.471. The Balaban J connectivity index is 1.36. The third kappa shape index (κ3) is 8.88. The Morgan fingerprint density at radius 2 is 1.54 bits per heavy atom. The summed E-state index contributed by atoms with van der Waals surface area (Å²) in [7, 11) is 0. The molecule has 3 aliphatic rings. The van der Waals surface area contributed by atoms with E-state index in [2.05, 4.69) is 41.3 Å². The van der Waals surface area contributed by atoms with Crippen molar-refractivity contribution < 1.29 is 28.7 Å². The summed E-state index contributed by atoms with van der Waals surface area (Å²) in [5, 5.41) is 18.3. The summed E-state index contributed by atoms with van der Waals surface area (Å²) in [5.41, 5.74) is -0.440. The van der Waals surface area contributed by atoms with Gasteiger partial charge in [0.05, 0.1) is 13.1 Å².